The Bertz CT molecular complexity index is 861. The van der Waals surface area contributed by atoms with Gasteiger partial charge in [0.15, 0.2) is 0 Å². The van der Waals surface area contributed by atoms with Crippen LogP contribution in [0.4, 0.5) is 5.69 Å². The van der Waals surface area contributed by atoms with Gasteiger partial charge in [-0.05, 0) is 31.2 Å². The van der Waals surface area contributed by atoms with Crippen LogP contribution in [-0.4, -0.2) is 25.1 Å². The zero-order valence-electron chi connectivity index (χ0n) is 12.2. The van der Waals surface area contributed by atoms with Crippen molar-refractivity contribution in [3.05, 3.63) is 49.9 Å². The number of rotatable bonds is 5. The SMILES string of the molecule is Cc1nc(Cc2nnc(Sc3ncc([N+](=O)[O-])cc3C)o2)cs1. The number of aryl methyl sites for hydroxylation is 2. The van der Waals surface area contributed by atoms with E-state index in [-0.39, 0.29) is 5.69 Å². The average molecular weight is 349 g/mol. The number of nitrogens with zero attached hydrogens (tertiary/aromatic N) is 5. The van der Waals surface area contributed by atoms with Gasteiger partial charge in [0, 0.05) is 11.4 Å². The molecule has 23 heavy (non-hydrogen) atoms. The Morgan fingerprint density at radius 1 is 1.39 bits per heavy atom. The van der Waals surface area contributed by atoms with Gasteiger partial charge < -0.3 is 4.42 Å². The van der Waals surface area contributed by atoms with E-state index in [2.05, 4.69) is 20.2 Å². The summed E-state index contributed by atoms with van der Waals surface area (Å²) < 4.78 is 5.56. The molecular weight excluding hydrogens is 338 g/mol. The highest BCUT2D eigenvalue weighted by Crippen LogP contribution is 2.29. The van der Waals surface area contributed by atoms with Crippen LogP contribution in [0, 0.1) is 24.0 Å². The van der Waals surface area contributed by atoms with E-state index in [4.69, 9.17) is 4.42 Å². The lowest BCUT2D eigenvalue weighted by Gasteiger charge is -2.00. The van der Waals surface area contributed by atoms with Gasteiger partial charge in [0.1, 0.15) is 11.2 Å². The number of aromatic nitrogens is 4. The fraction of sp³-hybridized carbons (Fsp3) is 0.231. The van der Waals surface area contributed by atoms with Crippen molar-refractivity contribution in [3.8, 4) is 0 Å². The van der Waals surface area contributed by atoms with Crippen molar-refractivity contribution in [2.24, 2.45) is 0 Å². The normalized spacial score (nSPS) is 10.9. The summed E-state index contributed by atoms with van der Waals surface area (Å²) in [7, 11) is 0. The maximum atomic E-state index is 10.7. The predicted octanol–water partition coefficient (Wildman–Crippen LogP) is 3.19. The molecule has 3 heterocycles. The first kappa shape index (κ1) is 15.6. The summed E-state index contributed by atoms with van der Waals surface area (Å²) in [4.78, 5) is 18.7. The molecule has 3 aromatic heterocycles. The Labute approximate surface area is 139 Å². The topological polar surface area (TPSA) is 108 Å². The van der Waals surface area contributed by atoms with Crippen LogP contribution < -0.4 is 0 Å². The Morgan fingerprint density at radius 3 is 2.87 bits per heavy atom. The number of hydrogen-bond acceptors (Lipinski definition) is 9. The maximum Gasteiger partial charge on any atom is 0.287 e. The van der Waals surface area contributed by atoms with E-state index in [1.54, 1.807) is 18.3 Å². The van der Waals surface area contributed by atoms with E-state index < -0.39 is 4.92 Å². The molecule has 0 aliphatic carbocycles. The van der Waals surface area contributed by atoms with Crippen LogP contribution in [0.25, 0.3) is 0 Å². The van der Waals surface area contributed by atoms with Crippen LogP contribution in [0.5, 0.6) is 0 Å². The van der Waals surface area contributed by atoms with Crippen molar-refractivity contribution in [2.45, 2.75) is 30.5 Å². The van der Waals surface area contributed by atoms with Crippen LogP contribution in [0.1, 0.15) is 22.2 Å². The van der Waals surface area contributed by atoms with Gasteiger partial charge in [-0.3, -0.25) is 10.1 Å². The molecule has 3 rings (SSSR count). The van der Waals surface area contributed by atoms with E-state index in [1.807, 2.05) is 12.3 Å². The predicted molar refractivity (Wildman–Crippen MR) is 83.7 cm³/mol. The van der Waals surface area contributed by atoms with Gasteiger partial charge in [-0.1, -0.05) is 0 Å². The Balaban J connectivity index is 1.72. The van der Waals surface area contributed by atoms with E-state index in [0.29, 0.717) is 28.1 Å². The molecule has 0 atom stereocenters. The molecule has 0 amide bonds. The van der Waals surface area contributed by atoms with Crippen molar-refractivity contribution in [1.82, 2.24) is 20.2 Å². The molecule has 8 nitrogen and oxygen atoms in total. The zero-order valence-corrected chi connectivity index (χ0v) is 13.8. The number of nitro groups is 1. The highest BCUT2D eigenvalue weighted by Gasteiger charge is 2.14. The third kappa shape index (κ3) is 3.71. The van der Waals surface area contributed by atoms with E-state index in [0.717, 1.165) is 10.7 Å². The van der Waals surface area contributed by atoms with Crippen molar-refractivity contribution < 1.29 is 9.34 Å². The highest BCUT2D eigenvalue weighted by molar-refractivity contribution is 7.99. The van der Waals surface area contributed by atoms with Gasteiger partial charge in [-0.15, -0.1) is 21.5 Å². The molecule has 0 aromatic carbocycles. The Morgan fingerprint density at radius 2 is 2.22 bits per heavy atom. The minimum Gasteiger partial charge on any atom is -0.415 e. The van der Waals surface area contributed by atoms with Gasteiger partial charge >= 0.3 is 0 Å². The number of pyridine rings is 1. The molecule has 0 aliphatic rings. The lowest BCUT2D eigenvalue weighted by molar-refractivity contribution is -0.385. The quantitative estimate of drug-likeness (QED) is 0.510. The first-order valence-corrected chi connectivity index (χ1v) is 8.23. The average Bonchev–Trinajstić information content (AvgIpc) is 3.10. The monoisotopic (exact) mass is 349 g/mol. The summed E-state index contributed by atoms with van der Waals surface area (Å²) >= 11 is 2.75. The van der Waals surface area contributed by atoms with Gasteiger partial charge in [0.2, 0.25) is 5.89 Å². The standard InChI is InChI=1S/C13H11N5O3S2/c1-7-3-10(18(19)20)5-14-12(7)23-13-17-16-11(21-13)4-9-6-22-8(2)15-9/h3,5-6H,4H2,1-2H3. The third-order valence-corrected chi connectivity index (χ3v) is 4.64. The van der Waals surface area contributed by atoms with Crippen molar-refractivity contribution >= 4 is 28.8 Å². The fourth-order valence-electron chi connectivity index (χ4n) is 1.83. The first-order valence-electron chi connectivity index (χ1n) is 6.53. The molecule has 0 aliphatic heterocycles. The van der Waals surface area contributed by atoms with Gasteiger partial charge in [0.05, 0.1) is 22.0 Å². The summed E-state index contributed by atoms with van der Waals surface area (Å²) in [6, 6.07) is 1.46. The molecule has 0 unspecified atom stereocenters. The molecule has 0 bridgehead atoms. The number of hydrogen-bond donors (Lipinski definition) is 0. The molecule has 0 saturated carbocycles. The molecule has 118 valence electrons. The molecule has 0 spiro atoms. The Hall–Kier alpha value is -2.33. The van der Waals surface area contributed by atoms with Gasteiger partial charge in [-0.25, -0.2) is 9.97 Å². The van der Waals surface area contributed by atoms with E-state index in [1.165, 1.54) is 24.0 Å². The molecule has 10 heteroatoms. The van der Waals surface area contributed by atoms with Crippen LogP contribution >= 0.6 is 23.1 Å². The van der Waals surface area contributed by atoms with Crippen LogP contribution in [0.15, 0.2) is 32.3 Å². The van der Waals surface area contributed by atoms with E-state index >= 15 is 0 Å². The molecule has 0 N–H and O–H groups in total. The summed E-state index contributed by atoms with van der Waals surface area (Å²) in [6.07, 6.45) is 1.69. The molecule has 3 aromatic rings. The summed E-state index contributed by atoms with van der Waals surface area (Å²) in [5.74, 6) is 0.470. The maximum absolute atomic E-state index is 10.7. The fourth-order valence-corrected chi connectivity index (χ4v) is 3.15. The van der Waals surface area contributed by atoms with Crippen molar-refractivity contribution in [2.75, 3.05) is 0 Å². The molecule has 0 radical (unpaired) electrons. The largest absolute Gasteiger partial charge is 0.415 e. The second-order valence-electron chi connectivity index (χ2n) is 4.67. The van der Waals surface area contributed by atoms with Crippen LogP contribution in [-0.2, 0) is 6.42 Å². The Kier molecular flexibility index (Phi) is 4.35. The second kappa shape index (κ2) is 6.42. The highest BCUT2D eigenvalue weighted by atomic mass is 32.2. The summed E-state index contributed by atoms with van der Waals surface area (Å²) in [5, 5.41) is 22.5. The summed E-state index contributed by atoms with van der Waals surface area (Å²) in [6.45, 7) is 3.68. The molecular formula is C13H11N5O3S2. The third-order valence-electron chi connectivity index (χ3n) is 2.86. The van der Waals surface area contributed by atoms with Crippen LogP contribution in [0.2, 0.25) is 0 Å². The van der Waals surface area contributed by atoms with Crippen LogP contribution in [0.3, 0.4) is 0 Å². The lowest BCUT2D eigenvalue weighted by Crippen LogP contribution is -1.92. The smallest absolute Gasteiger partial charge is 0.287 e. The molecule has 0 fully saturated rings. The van der Waals surface area contributed by atoms with Gasteiger partial charge in [-0.2, -0.15) is 0 Å². The zero-order chi connectivity index (χ0) is 16.4. The minimum atomic E-state index is -0.477. The summed E-state index contributed by atoms with van der Waals surface area (Å²) in [5.41, 5.74) is 1.52. The molecule has 0 saturated heterocycles. The lowest BCUT2D eigenvalue weighted by atomic mass is 10.3. The second-order valence-corrected chi connectivity index (χ2v) is 6.67. The minimum absolute atomic E-state index is 0.0445. The van der Waals surface area contributed by atoms with Crippen molar-refractivity contribution in [3.63, 3.8) is 0 Å². The number of thiazole rings is 1. The first-order chi connectivity index (χ1) is 11.0. The van der Waals surface area contributed by atoms with E-state index in [9.17, 15) is 10.1 Å². The van der Waals surface area contributed by atoms with Crippen molar-refractivity contribution in [1.29, 1.82) is 0 Å². The van der Waals surface area contributed by atoms with Gasteiger partial charge in [0.25, 0.3) is 10.9 Å².